The lowest BCUT2D eigenvalue weighted by Crippen LogP contribution is -2.16. The van der Waals surface area contributed by atoms with E-state index in [1.807, 2.05) is 0 Å². The number of rotatable bonds is 0. The Morgan fingerprint density at radius 3 is 2.12 bits per heavy atom. The number of allylic oxidation sites excluding steroid dienone is 1. The molecule has 1 atom stereocenters. The van der Waals surface area contributed by atoms with Gasteiger partial charge in [0.1, 0.15) is 0 Å². The molecule has 0 fully saturated rings. The van der Waals surface area contributed by atoms with Gasteiger partial charge in [-0.2, -0.15) is 0 Å². The fraction of sp³-hybridized carbons (Fsp3) is 0.118. The lowest BCUT2D eigenvalue weighted by atomic mass is 9.72. The first-order chi connectivity index (χ1) is 16.7. The summed E-state index contributed by atoms with van der Waals surface area (Å²) in [5.74, 6) is 0.483. The van der Waals surface area contributed by atoms with Crippen LogP contribution in [0, 0.1) is 13.8 Å². The molecule has 0 amide bonds. The van der Waals surface area contributed by atoms with Crippen molar-refractivity contribution in [2.45, 2.75) is 26.2 Å². The summed E-state index contributed by atoms with van der Waals surface area (Å²) >= 11 is 0. The Balaban J connectivity index is 1.77. The van der Waals surface area contributed by atoms with Gasteiger partial charge in [0.25, 0.3) is 0 Å². The van der Waals surface area contributed by atoms with Crippen molar-refractivity contribution in [3.63, 3.8) is 0 Å². The molecule has 0 heterocycles. The number of hydrogen-bond donors (Lipinski definition) is 0. The zero-order valence-electron chi connectivity index (χ0n) is 19.1. The molecule has 0 N–H and O–H groups in total. The molecular formula is C34H20. The van der Waals surface area contributed by atoms with Crippen molar-refractivity contribution in [3.8, 4) is 0 Å². The number of aryl methyl sites for hydroxylation is 2. The van der Waals surface area contributed by atoms with Crippen LogP contribution < -0.4 is 5.22 Å². The SMILES string of the molecule is Cc1cc2c3c4c5c(cc6c(C)cc7ccc8ccc9cc1c3c1c9c8c7c6c51)=CCC4C=C2. The third-order valence-electron chi connectivity index (χ3n) is 9.32. The summed E-state index contributed by atoms with van der Waals surface area (Å²) in [5, 5.41) is 21.9. The zero-order valence-corrected chi connectivity index (χ0v) is 19.1. The molecule has 0 radical (unpaired) electrons. The summed E-state index contributed by atoms with van der Waals surface area (Å²) in [6.07, 6.45) is 8.48. The first-order valence-corrected chi connectivity index (χ1v) is 12.5. The van der Waals surface area contributed by atoms with Gasteiger partial charge in [-0.05, 0) is 135 Å². The van der Waals surface area contributed by atoms with Crippen molar-refractivity contribution in [1.82, 2.24) is 0 Å². The molecule has 34 heavy (non-hydrogen) atoms. The molecule has 0 heteroatoms. The van der Waals surface area contributed by atoms with Crippen LogP contribution in [0.4, 0.5) is 0 Å². The smallest absolute Gasteiger partial charge is 0.00689 e. The van der Waals surface area contributed by atoms with Crippen LogP contribution in [0.1, 0.15) is 34.6 Å². The summed E-state index contributed by atoms with van der Waals surface area (Å²) in [5.41, 5.74) is 5.78. The molecule has 0 saturated heterocycles. The van der Waals surface area contributed by atoms with Gasteiger partial charge in [-0.1, -0.05) is 54.6 Å². The molecule has 2 aliphatic rings. The quantitative estimate of drug-likeness (QED) is 0.167. The van der Waals surface area contributed by atoms with E-state index in [4.69, 9.17) is 0 Å². The van der Waals surface area contributed by atoms with Gasteiger partial charge in [-0.15, -0.1) is 0 Å². The fourth-order valence-electron chi connectivity index (χ4n) is 8.04. The maximum atomic E-state index is 2.51. The highest BCUT2D eigenvalue weighted by Crippen LogP contribution is 2.55. The highest BCUT2D eigenvalue weighted by molar-refractivity contribution is 6.48. The van der Waals surface area contributed by atoms with Crippen LogP contribution in [0.15, 0.2) is 54.6 Å². The highest BCUT2D eigenvalue weighted by Gasteiger charge is 2.31. The average Bonchev–Trinajstić information content (AvgIpc) is 2.86. The predicted octanol–water partition coefficient (Wildman–Crippen LogP) is 8.70. The predicted molar refractivity (Wildman–Crippen MR) is 148 cm³/mol. The third-order valence-corrected chi connectivity index (χ3v) is 9.32. The third kappa shape index (κ3) is 1.53. The van der Waals surface area contributed by atoms with Gasteiger partial charge < -0.3 is 0 Å². The molecule has 0 saturated carbocycles. The van der Waals surface area contributed by atoms with Crippen molar-refractivity contribution in [2.24, 2.45) is 0 Å². The summed E-state index contributed by atoms with van der Waals surface area (Å²) in [6, 6.07) is 19.2. The van der Waals surface area contributed by atoms with Gasteiger partial charge in [0.15, 0.2) is 0 Å². The van der Waals surface area contributed by atoms with Crippen LogP contribution in [0.25, 0.3) is 87.6 Å². The summed E-state index contributed by atoms with van der Waals surface area (Å²) in [4.78, 5) is 0. The van der Waals surface area contributed by atoms with Gasteiger partial charge >= 0.3 is 0 Å². The van der Waals surface area contributed by atoms with E-state index < -0.39 is 0 Å². The minimum Gasteiger partial charge on any atom is -0.0760 e. The van der Waals surface area contributed by atoms with Crippen molar-refractivity contribution >= 4 is 87.6 Å². The number of hydrogen-bond acceptors (Lipinski definition) is 0. The van der Waals surface area contributed by atoms with Crippen LogP contribution in [-0.4, -0.2) is 0 Å². The first kappa shape index (κ1) is 16.7. The highest BCUT2D eigenvalue weighted by atomic mass is 14.3. The number of benzene rings is 8. The van der Waals surface area contributed by atoms with E-state index in [0.29, 0.717) is 5.92 Å². The van der Waals surface area contributed by atoms with E-state index in [1.54, 1.807) is 5.56 Å². The monoisotopic (exact) mass is 428 g/mol. The second-order valence-electron chi connectivity index (χ2n) is 10.9. The molecule has 1 unspecified atom stereocenters. The summed E-state index contributed by atoms with van der Waals surface area (Å²) in [7, 11) is 0. The Bertz CT molecular complexity index is 2310. The minimum absolute atomic E-state index is 0.483. The average molecular weight is 429 g/mol. The summed E-state index contributed by atoms with van der Waals surface area (Å²) < 4.78 is 0. The van der Waals surface area contributed by atoms with Gasteiger partial charge in [0, 0.05) is 5.92 Å². The molecule has 2 aliphatic carbocycles. The Kier molecular flexibility index (Phi) is 2.43. The van der Waals surface area contributed by atoms with Crippen molar-refractivity contribution in [3.05, 3.63) is 82.1 Å². The maximum absolute atomic E-state index is 2.51. The zero-order chi connectivity index (χ0) is 22.0. The second kappa shape index (κ2) is 4.95. The topological polar surface area (TPSA) is 0 Å². The minimum atomic E-state index is 0.483. The van der Waals surface area contributed by atoms with Gasteiger partial charge in [-0.3, -0.25) is 0 Å². The molecule has 8 aromatic rings. The van der Waals surface area contributed by atoms with Crippen molar-refractivity contribution < 1.29 is 0 Å². The molecule has 0 aromatic heterocycles. The van der Waals surface area contributed by atoms with Gasteiger partial charge in [-0.25, -0.2) is 0 Å². The Hall–Kier alpha value is -3.90. The Labute approximate surface area is 195 Å². The molecule has 0 bridgehead atoms. The fourth-order valence-corrected chi connectivity index (χ4v) is 8.04. The first-order valence-electron chi connectivity index (χ1n) is 12.5. The normalized spacial score (nSPS) is 17.4. The van der Waals surface area contributed by atoms with Gasteiger partial charge in [0.05, 0.1) is 0 Å². The van der Waals surface area contributed by atoms with Crippen LogP contribution in [0.2, 0.25) is 0 Å². The van der Waals surface area contributed by atoms with E-state index in [0.717, 1.165) is 6.42 Å². The van der Waals surface area contributed by atoms with E-state index in [2.05, 4.69) is 80.6 Å². The molecule has 0 aliphatic heterocycles. The van der Waals surface area contributed by atoms with Crippen molar-refractivity contribution in [1.29, 1.82) is 0 Å². The molecule has 156 valence electrons. The van der Waals surface area contributed by atoms with Crippen LogP contribution in [0.3, 0.4) is 0 Å². The van der Waals surface area contributed by atoms with E-state index in [9.17, 15) is 0 Å². The van der Waals surface area contributed by atoms with Crippen LogP contribution in [0.5, 0.6) is 0 Å². The Morgan fingerprint density at radius 2 is 1.24 bits per heavy atom. The lowest BCUT2D eigenvalue weighted by Gasteiger charge is -2.31. The molecule has 0 nitrogen and oxygen atoms in total. The summed E-state index contributed by atoms with van der Waals surface area (Å²) in [6.45, 7) is 4.60. The lowest BCUT2D eigenvalue weighted by molar-refractivity contribution is 0.899. The molecule has 10 rings (SSSR count). The van der Waals surface area contributed by atoms with Crippen LogP contribution >= 0.6 is 0 Å². The largest absolute Gasteiger partial charge is 0.0760 e. The second-order valence-corrected chi connectivity index (χ2v) is 10.9. The van der Waals surface area contributed by atoms with Gasteiger partial charge in [0.2, 0.25) is 0 Å². The van der Waals surface area contributed by atoms with E-state index in [1.165, 1.54) is 97.3 Å². The maximum Gasteiger partial charge on any atom is 0.00689 e. The molecular weight excluding hydrogens is 408 g/mol. The van der Waals surface area contributed by atoms with Crippen LogP contribution in [-0.2, 0) is 0 Å². The van der Waals surface area contributed by atoms with E-state index in [-0.39, 0.29) is 0 Å². The molecule has 0 spiro atoms. The molecule has 8 aromatic carbocycles. The van der Waals surface area contributed by atoms with Crippen molar-refractivity contribution in [2.75, 3.05) is 0 Å². The Morgan fingerprint density at radius 1 is 0.588 bits per heavy atom. The van der Waals surface area contributed by atoms with E-state index >= 15 is 0 Å². The standard InChI is InChI=1S/C34H20/c1-15-11-19-7-3-17-6-10-22-14-24-16(2)12-20-8-4-18-5-9-21-13-23(15)31-27(19)25(17)30(22)34-32(24)28(20)26(18)29(21)33(31)34/h3-5,7-14,17H,6H2,1-2H3.